The Kier molecular flexibility index (Phi) is 3.24. The fraction of sp³-hybridized carbons (Fsp3) is 1.00. The second-order valence-electron chi connectivity index (χ2n) is 6.66. The van der Waals surface area contributed by atoms with Crippen molar-refractivity contribution in [3.05, 3.63) is 0 Å². The molecule has 2 N–H and O–H groups in total. The van der Waals surface area contributed by atoms with E-state index in [1.165, 1.54) is 19.3 Å². The average molecular weight is 247 g/mol. The zero-order valence-electron chi connectivity index (χ0n) is 10.8. The Balaban J connectivity index is 2.00. The van der Waals surface area contributed by atoms with Gasteiger partial charge in [0, 0.05) is 12.6 Å². The number of aliphatic hydroxyl groups excluding tert-OH is 1. The van der Waals surface area contributed by atoms with Crippen LogP contribution in [0.15, 0.2) is 0 Å². The average Bonchev–Trinajstić information content (AvgIpc) is 2.68. The molecule has 0 aromatic heterocycles. The number of nitrogens with one attached hydrogen (secondary N) is 1. The van der Waals surface area contributed by atoms with E-state index >= 15 is 0 Å². The summed E-state index contributed by atoms with van der Waals surface area (Å²) in [4.78, 5) is 0. The van der Waals surface area contributed by atoms with Crippen molar-refractivity contribution in [2.75, 3.05) is 6.54 Å². The number of fused-ring (bicyclic) bond motifs is 2. The van der Waals surface area contributed by atoms with Crippen LogP contribution in [0.25, 0.3) is 0 Å². The summed E-state index contributed by atoms with van der Waals surface area (Å²) in [6, 6.07) is 0.238. The maximum absolute atomic E-state index is 12.3. The van der Waals surface area contributed by atoms with Gasteiger partial charge in [-0.05, 0) is 36.0 Å². The first-order valence-electron chi connectivity index (χ1n) is 6.47. The van der Waals surface area contributed by atoms with Gasteiger partial charge in [-0.2, -0.15) is 0 Å². The van der Waals surface area contributed by atoms with Crippen molar-refractivity contribution in [2.45, 2.75) is 58.6 Å². The molecule has 2 bridgehead atoms. The first kappa shape index (κ1) is 13.2. The van der Waals surface area contributed by atoms with Crippen molar-refractivity contribution in [3.63, 3.8) is 0 Å². The molecule has 2 fully saturated rings. The van der Waals surface area contributed by atoms with E-state index in [0.717, 1.165) is 0 Å². The highest BCUT2D eigenvalue weighted by molar-refractivity contribution is 5.12. The van der Waals surface area contributed by atoms with Gasteiger partial charge < -0.3 is 10.4 Å². The standard InChI is InChI=1S/C13H23F2NO/c1-12(2)8-4-5-13(3,6-8)11(12)16-7-9(17)10(14)15/h8-11,16-17H,4-7H2,1-3H3/t8-,9?,11?,13+/m0/s1. The minimum atomic E-state index is -2.66. The third kappa shape index (κ3) is 2.10. The van der Waals surface area contributed by atoms with E-state index in [4.69, 9.17) is 0 Å². The second kappa shape index (κ2) is 4.16. The summed E-state index contributed by atoms with van der Waals surface area (Å²) in [5, 5.41) is 12.4. The van der Waals surface area contributed by atoms with E-state index < -0.39 is 12.5 Å². The summed E-state index contributed by atoms with van der Waals surface area (Å²) in [6.45, 7) is 6.67. The molecule has 0 aromatic rings. The first-order valence-corrected chi connectivity index (χ1v) is 6.47. The quantitative estimate of drug-likeness (QED) is 0.799. The molecule has 2 nitrogen and oxygen atoms in total. The lowest BCUT2D eigenvalue weighted by Gasteiger charge is -2.43. The topological polar surface area (TPSA) is 32.3 Å². The highest BCUT2D eigenvalue weighted by Crippen LogP contribution is 2.62. The number of halogens is 2. The second-order valence-corrected chi connectivity index (χ2v) is 6.66. The van der Waals surface area contributed by atoms with Gasteiger partial charge in [0.25, 0.3) is 6.43 Å². The van der Waals surface area contributed by atoms with Crippen molar-refractivity contribution in [1.82, 2.24) is 5.32 Å². The molecule has 0 saturated heterocycles. The van der Waals surface area contributed by atoms with Gasteiger partial charge in [-0.3, -0.25) is 0 Å². The van der Waals surface area contributed by atoms with E-state index in [9.17, 15) is 13.9 Å². The summed E-state index contributed by atoms with van der Waals surface area (Å²) < 4.78 is 24.6. The summed E-state index contributed by atoms with van der Waals surface area (Å²) in [6.07, 6.45) is -0.601. The van der Waals surface area contributed by atoms with Gasteiger partial charge in [0.1, 0.15) is 6.10 Å². The molecule has 0 spiro atoms. The summed E-state index contributed by atoms with van der Waals surface area (Å²) >= 11 is 0. The molecule has 2 aliphatic rings. The Hall–Kier alpha value is -0.220. The van der Waals surface area contributed by atoms with E-state index in [1.807, 2.05) is 0 Å². The minimum absolute atomic E-state index is 0.00588. The molecule has 17 heavy (non-hydrogen) atoms. The molecule has 0 aromatic carbocycles. The SMILES string of the molecule is CC1(C)C(NCC(O)C(F)F)[C@]2(C)CC[C@H]1C2. The molecule has 0 heterocycles. The highest BCUT2D eigenvalue weighted by atomic mass is 19.3. The van der Waals surface area contributed by atoms with Crippen LogP contribution in [0.2, 0.25) is 0 Å². The third-order valence-electron chi connectivity index (χ3n) is 5.09. The molecule has 2 unspecified atom stereocenters. The number of alkyl halides is 2. The molecule has 0 aliphatic heterocycles. The smallest absolute Gasteiger partial charge is 0.265 e. The maximum atomic E-state index is 12.3. The van der Waals surface area contributed by atoms with Crippen LogP contribution < -0.4 is 5.32 Å². The highest BCUT2D eigenvalue weighted by Gasteiger charge is 2.59. The van der Waals surface area contributed by atoms with Crippen LogP contribution >= 0.6 is 0 Å². The Morgan fingerprint density at radius 1 is 1.35 bits per heavy atom. The molecule has 4 heteroatoms. The minimum Gasteiger partial charge on any atom is -0.386 e. The largest absolute Gasteiger partial charge is 0.386 e. The van der Waals surface area contributed by atoms with Crippen molar-refractivity contribution in [1.29, 1.82) is 0 Å². The van der Waals surface area contributed by atoms with Crippen LogP contribution in [-0.2, 0) is 0 Å². The zero-order valence-corrected chi connectivity index (χ0v) is 10.8. The van der Waals surface area contributed by atoms with Gasteiger partial charge in [-0.25, -0.2) is 8.78 Å². The van der Waals surface area contributed by atoms with Gasteiger partial charge >= 0.3 is 0 Å². The van der Waals surface area contributed by atoms with Gasteiger partial charge in [-0.15, -0.1) is 0 Å². The predicted molar refractivity (Wildman–Crippen MR) is 63.0 cm³/mol. The number of aliphatic hydroxyl groups is 1. The maximum Gasteiger partial charge on any atom is 0.265 e. The summed E-state index contributed by atoms with van der Waals surface area (Å²) in [5.74, 6) is 0.689. The fourth-order valence-electron chi connectivity index (χ4n) is 4.14. The summed E-state index contributed by atoms with van der Waals surface area (Å²) in [7, 11) is 0. The van der Waals surface area contributed by atoms with Crippen LogP contribution in [0, 0.1) is 16.7 Å². The lowest BCUT2D eigenvalue weighted by atomic mass is 9.68. The van der Waals surface area contributed by atoms with Crippen LogP contribution in [0.3, 0.4) is 0 Å². The predicted octanol–water partition coefficient (Wildman–Crippen LogP) is 2.42. The number of rotatable bonds is 4. The van der Waals surface area contributed by atoms with Crippen LogP contribution in [0.4, 0.5) is 8.78 Å². The Bertz CT molecular complexity index is 290. The fourth-order valence-corrected chi connectivity index (χ4v) is 4.14. The van der Waals surface area contributed by atoms with Gasteiger partial charge in [-0.1, -0.05) is 20.8 Å². The summed E-state index contributed by atoms with van der Waals surface area (Å²) in [5.41, 5.74) is 0.366. The molecule has 2 saturated carbocycles. The Labute approximate surface area is 102 Å². The molecule has 100 valence electrons. The molecular formula is C13H23F2NO. The molecule has 4 atom stereocenters. The van der Waals surface area contributed by atoms with Crippen molar-refractivity contribution in [3.8, 4) is 0 Å². The Morgan fingerprint density at radius 2 is 2.00 bits per heavy atom. The van der Waals surface area contributed by atoms with E-state index in [-0.39, 0.29) is 23.4 Å². The monoisotopic (exact) mass is 247 g/mol. The van der Waals surface area contributed by atoms with Crippen molar-refractivity contribution >= 4 is 0 Å². The molecule has 0 amide bonds. The van der Waals surface area contributed by atoms with Crippen molar-refractivity contribution in [2.24, 2.45) is 16.7 Å². The van der Waals surface area contributed by atoms with Crippen LogP contribution in [-0.4, -0.2) is 30.2 Å². The Morgan fingerprint density at radius 3 is 2.47 bits per heavy atom. The van der Waals surface area contributed by atoms with Gasteiger partial charge in [0.05, 0.1) is 0 Å². The molecular weight excluding hydrogens is 224 g/mol. The normalized spacial score (nSPS) is 41.1. The van der Waals surface area contributed by atoms with Crippen LogP contribution in [0.1, 0.15) is 40.0 Å². The zero-order chi connectivity index (χ0) is 12.8. The van der Waals surface area contributed by atoms with Gasteiger partial charge in [0.2, 0.25) is 0 Å². The first-order chi connectivity index (χ1) is 7.77. The van der Waals surface area contributed by atoms with E-state index in [1.54, 1.807) is 0 Å². The molecule has 2 rings (SSSR count). The van der Waals surface area contributed by atoms with E-state index in [0.29, 0.717) is 5.92 Å². The van der Waals surface area contributed by atoms with E-state index in [2.05, 4.69) is 26.1 Å². The lowest BCUT2D eigenvalue weighted by molar-refractivity contribution is -0.0118. The molecule has 2 aliphatic carbocycles. The lowest BCUT2D eigenvalue weighted by Crippen LogP contribution is -2.52. The number of hydrogen-bond donors (Lipinski definition) is 2. The van der Waals surface area contributed by atoms with Crippen LogP contribution in [0.5, 0.6) is 0 Å². The van der Waals surface area contributed by atoms with Crippen molar-refractivity contribution < 1.29 is 13.9 Å². The molecule has 0 radical (unpaired) electrons. The number of hydrogen-bond acceptors (Lipinski definition) is 2. The third-order valence-corrected chi connectivity index (χ3v) is 5.09. The van der Waals surface area contributed by atoms with Gasteiger partial charge in [0.15, 0.2) is 0 Å².